The van der Waals surface area contributed by atoms with Gasteiger partial charge in [-0.1, -0.05) is 66.2 Å². The van der Waals surface area contributed by atoms with E-state index in [1.54, 1.807) is 6.07 Å². The number of amides is 1. The molecule has 5 rings (SSSR count). The van der Waals surface area contributed by atoms with Gasteiger partial charge in [0.2, 0.25) is 0 Å². The van der Waals surface area contributed by atoms with Crippen LogP contribution in [0.15, 0.2) is 77.9 Å². The molecule has 3 aromatic carbocycles. The quantitative estimate of drug-likeness (QED) is 0.301. The van der Waals surface area contributed by atoms with Crippen LogP contribution in [0.1, 0.15) is 49.9 Å². The zero-order valence-electron chi connectivity index (χ0n) is 21.6. The lowest BCUT2D eigenvalue weighted by Gasteiger charge is -2.29. The van der Waals surface area contributed by atoms with Crippen molar-refractivity contribution < 1.29 is 14.0 Å². The van der Waals surface area contributed by atoms with Gasteiger partial charge < -0.3 is 10.6 Å². The van der Waals surface area contributed by atoms with Crippen molar-refractivity contribution in [2.45, 2.75) is 32.4 Å². The number of Topliss-reactive ketones (excluding diaryl/α,β-unsaturated/α-hetero) is 1. The van der Waals surface area contributed by atoms with E-state index in [2.05, 4.69) is 15.5 Å². The Morgan fingerprint density at radius 2 is 1.71 bits per heavy atom. The first-order valence-corrected chi connectivity index (χ1v) is 13.3. The number of carbonyl (C=O) groups is 2. The molecule has 0 unspecified atom stereocenters. The van der Waals surface area contributed by atoms with Gasteiger partial charge in [0.05, 0.1) is 22.7 Å². The Morgan fingerprint density at radius 1 is 1.00 bits per heavy atom. The number of benzene rings is 3. The molecule has 2 atom stereocenters. The topological polar surface area (TPSA) is 61.4 Å². The molecule has 0 radical (unpaired) electrons. The summed E-state index contributed by atoms with van der Waals surface area (Å²) in [6.07, 6.45) is 0.587. The predicted molar refractivity (Wildman–Crippen MR) is 148 cm³/mol. The summed E-state index contributed by atoms with van der Waals surface area (Å²) in [7, 11) is 0. The minimum absolute atomic E-state index is 0.0623. The number of hydrogen-bond donors (Lipinski definition) is 2. The maximum Gasteiger partial charge on any atom is 0.252 e. The molecule has 2 heterocycles. The number of hydrogen-bond acceptors (Lipinski definition) is 4. The van der Waals surface area contributed by atoms with Crippen LogP contribution in [0.3, 0.4) is 0 Å². The maximum absolute atomic E-state index is 14.7. The first-order valence-electron chi connectivity index (χ1n) is 12.9. The number of rotatable bonds is 8. The van der Waals surface area contributed by atoms with Gasteiger partial charge in [0.25, 0.3) is 5.91 Å². The zero-order valence-corrected chi connectivity index (χ0v) is 22.3. The Bertz CT molecular complexity index is 1360. The van der Waals surface area contributed by atoms with Crippen LogP contribution in [0.4, 0.5) is 4.39 Å². The number of halogens is 2. The van der Waals surface area contributed by atoms with Crippen molar-refractivity contribution in [3.63, 3.8) is 0 Å². The number of nitrogens with one attached hydrogen (secondary N) is 2. The second kappa shape index (κ2) is 11.2. The van der Waals surface area contributed by atoms with Gasteiger partial charge in [0.1, 0.15) is 5.82 Å². The van der Waals surface area contributed by atoms with E-state index < -0.39 is 11.9 Å². The molecule has 0 saturated carbocycles. The van der Waals surface area contributed by atoms with Gasteiger partial charge in [0.15, 0.2) is 5.78 Å². The van der Waals surface area contributed by atoms with E-state index in [0.29, 0.717) is 38.2 Å². The monoisotopic (exact) mass is 531 g/mol. The van der Waals surface area contributed by atoms with Gasteiger partial charge in [-0.2, -0.15) is 0 Å². The van der Waals surface area contributed by atoms with Crippen molar-refractivity contribution in [3.05, 3.63) is 117 Å². The highest BCUT2D eigenvalue weighted by molar-refractivity contribution is 6.34. The number of aryl methyl sites for hydroxylation is 2. The number of carbonyl (C=O) groups excluding carboxylic acids is 2. The van der Waals surface area contributed by atoms with Crippen LogP contribution in [0, 0.1) is 19.7 Å². The lowest BCUT2D eigenvalue weighted by molar-refractivity contribution is 0.0861. The summed E-state index contributed by atoms with van der Waals surface area (Å²) in [5.74, 6) is -1.05. The molecule has 0 aliphatic carbocycles. The molecule has 3 aromatic rings. The van der Waals surface area contributed by atoms with Gasteiger partial charge in [-0.15, -0.1) is 0 Å². The lowest BCUT2D eigenvalue weighted by Crippen LogP contribution is -2.43. The minimum Gasteiger partial charge on any atom is -0.345 e. The van der Waals surface area contributed by atoms with Gasteiger partial charge in [-0.05, 0) is 60.2 Å². The molecule has 0 spiro atoms. The van der Waals surface area contributed by atoms with Crippen molar-refractivity contribution in [3.8, 4) is 0 Å². The molecular weight excluding hydrogens is 501 g/mol. The highest BCUT2D eigenvalue weighted by Crippen LogP contribution is 2.33. The maximum atomic E-state index is 14.7. The highest BCUT2D eigenvalue weighted by atomic mass is 35.5. The summed E-state index contributed by atoms with van der Waals surface area (Å²) < 4.78 is 14.7. The molecule has 2 aliphatic rings. The van der Waals surface area contributed by atoms with E-state index in [4.69, 9.17) is 11.6 Å². The van der Waals surface area contributed by atoms with E-state index in [1.165, 1.54) is 17.7 Å². The standard InChI is InChI=1S/C31H31ClFN3O2/c1-19-8-6-9-20(2)27(19)31(38)35-26(21-10-4-3-5-11-21)14-15-36-18-22-16-34-17-23(22)29(36)30(37)28-24(32)12-7-13-25(28)33/h3-13,26,29,34H,14-18H2,1-2H3,(H,35,38)/t26-,29-/m0/s1. The van der Waals surface area contributed by atoms with Crippen molar-refractivity contribution in [2.24, 2.45) is 0 Å². The molecular formula is C31H31ClFN3O2. The summed E-state index contributed by atoms with van der Waals surface area (Å²) in [6.45, 7) is 6.36. The van der Waals surface area contributed by atoms with E-state index >= 15 is 0 Å². The summed E-state index contributed by atoms with van der Waals surface area (Å²) in [6, 6.07) is 19.2. The smallest absolute Gasteiger partial charge is 0.252 e. The summed E-state index contributed by atoms with van der Waals surface area (Å²) in [5.41, 5.74) is 5.64. The first kappa shape index (κ1) is 26.3. The molecule has 2 N–H and O–H groups in total. The van der Waals surface area contributed by atoms with Crippen LogP contribution < -0.4 is 10.6 Å². The molecule has 0 bridgehead atoms. The third-order valence-corrected chi connectivity index (χ3v) is 7.89. The average Bonchev–Trinajstić information content (AvgIpc) is 3.48. The average molecular weight is 532 g/mol. The molecule has 1 amide bonds. The molecule has 7 heteroatoms. The second-order valence-corrected chi connectivity index (χ2v) is 10.5. The van der Waals surface area contributed by atoms with Gasteiger partial charge in [0, 0.05) is 31.7 Å². The molecule has 2 aliphatic heterocycles. The summed E-state index contributed by atoms with van der Waals surface area (Å²) in [5, 5.41) is 6.68. The van der Waals surface area contributed by atoms with Crippen molar-refractivity contribution in [1.29, 1.82) is 0 Å². The van der Waals surface area contributed by atoms with Crippen molar-refractivity contribution in [2.75, 3.05) is 26.2 Å². The summed E-state index contributed by atoms with van der Waals surface area (Å²) >= 11 is 6.28. The van der Waals surface area contributed by atoms with E-state index in [0.717, 1.165) is 22.3 Å². The molecule has 0 fully saturated rings. The first-order chi connectivity index (χ1) is 18.3. The Kier molecular flexibility index (Phi) is 7.75. The van der Waals surface area contributed by atoms with Gasteiger partial charge in [-0.25, -0.2) is 4.39 Å². The lowest BCUT2D eigenvalue weighted by atomic mass is 9.96. The normalized spacial score (nSPS) is 17.9. The van der Waals surface area contributed by atoms with E-state index in [1.807, 2.05) is 62.4 Å². The fraction of sp³-hybridized carbons (Fsp3) is 0.290. The third kappa shape index (κ3) is 5.17. The molecule has 0 aromatic heterocycles. The number of nitrogens with zero attached hydrogens (tertiary/aromatic N) is 1. The fourth-order valence-electron chi connectivity index (χ4n) is 5.70. The SMILES string of the molecule is Cc1cccc(C)c1C(=O)N[C@@H](CCN1CC2=C(CNC2)[C@H]1C(=O)c1c(F)cccc1Cl)c1ccccc1. The van der Waals surface area contributed by atoms with E-state index in [9.17, 15) is 14.0 Å². The van der Waals surface area contributed by atoms with Crippen LogP contribution in [0.25, 0.3) is 0 Å². The Balaban J connectivity index is 1.39. The molecule has 38 heavy (non-hydrogen) atoms. The Labute approximate surface area is 227 Å². The summed E-state index contributed by atoms with van der Waals surface area (Å²) in [4.78, 5) is 29.2. The molecule has 5 nitrogen and oxygen atoms in total. The van der Waals surface area contributed by atoms with Crippen LogP contribution in [-0.2, 0) is 0 Å². The Hall–Kier alpha value is -3.32. The fourth-order valence-corrected chi connectivity index (χ4v) is 5.95. The van der Waals surface area contributed by atoms with Gasteiger partial charge >= 0.3 is 0 Å². The second-order valence-electron chi connectivity index (χ2n) is 10.1. The van der Waals surface area contributed by atoms with Gasteiger partial charge in [-0.3, -0.25) is 14.5 Å². The molecule has 196 valence electrons. The third-order valence-electron chi connectivity index (χ3n) is 7.58. The highest BCUT2D eigenvalue weighted by Gasteiger charge is 2.41. The van der Waals surface area contributed by atoms with Crippen LogP contribution >= 0.6 is 11.6 Å². The van der Waals surface area contributed by atoms with E-state index in [-0.39, 0.29) is 28.3 Å². The van der Waals surface area contributed by atoms with Crippen molar-refractivity contribution in [1.82, 2.24) is 15.5 Å². The van der Waals surface area contributed by atoms with Crippen LogP contribution in [-0.4, -0.2) is 48.8 Å². The van der Waals surface area contributed by atoms with Crippen LogP contribution in [0.5, 0.6) is 0 Å². The predicted octanol–water partition coefficient (Wildman–Crippen LogP) is 5.42. The zero-order chi connectivity index (χ0) is 26.8. The van der Waals surface area contributed by atoms with Crippen LogP contribution in [0.2, 0.25) is 5.02 Å². The largest absolute Gasteiger partial charge is 0.345 e. The minimum atomic E-state index is -0.606. The number of ketones is 1. The Morgan fingerprint density at radius 3 is 2.42 bits per heavy atom. The molecule has 0 saturated heterocycles. The van der Waals surface area contributed by atoms with Crippen molar-refractivity contribution >= 4 is 23.3 Å².